The molecule has 2 rings (SSSR count). The lowest BCUT2D eigenvalue weighted by atomic mass is 9.87. The van der Waals surface area contributed by atoms with Gasteiger partial charge in [-0.1, -0.05) is 6.92 Å². The second-order valence-electron chi connectivity index (χ2n) is 5.11. The molecule has 1 aliphatic heterocycles. The Morgan fingerprint density at radius 2 is 2.16 bits per heavy atom. The van der Waals surface area contributed by atoms with E-state index in [4.69, 9.17) is 5.73 Å². The van der Waals surface area contributed by atoms with Crippen molar-refractivity contribution in [2.24, 2.45) is 17.6 Å². The van der Waals surface area contributed by atoms with E-state index in [0.29, 0.717) is 24.2 Å². The van der Waals surface area contributed by atoms with Gasteiger partial charge < -0.3 is 10.6 Å². The molecule has 0 aliphatic carbocycles. The number of aromatic nitrogens is 1. The SMILES string of the molecule is CC1CCN(c2ccc(C(F)(F)F)cn2)CC1CN. The monoisotopic (exact) mass is 273 g/mol. The van der Waals surface area contributed by atoms with Gasteiger partial charge in [0.2, 0.25) is 0 Å². The zero-order valence-corrected chi connectivity index (χ0v) is 10.8. The molecule has 0 bridgehead atoms. The molecule has 1 fully saturated rings. The Hall–Kier alpha value is -1.30. The maximum absolute atomic E-state index is 12.5. The van der Waals surface area contributed by atoms with Gasteiger partial charge in [0.05, 0.1) is 5.56 Å². The third kappa shape index (κ3) is 3.18. The van der Waals surface area contributed by atoms with E-state index in [0.717, 1.165) is 31.8 Å². The Bertz CT molecular complexity index is 416. The number of hydrogen-bond acceptors (Lipinski definition) is 3. The average Bonchev–Trinajstić information content (AvgIpc) is 2.38. The van der Waals surface area contributed by atoms with E-state index in [9.17, 15) is 13.2 Å². The lowest BCUT2D eigenvalue weighted by molar-refractivity contribution is -0.137. The minimum absolute atomic E-state index is 0.373. The maximum atomic E-state index is 12.5. The van der Waals surface area contributed by atoms with Crippen molar-refractivity contribution in [2.75, 3.05) is 24.5 Å². The van der Waals surface area contributed by atoms with Gasteiger partial charge in [-0.15, -0.1) is 0 Å². The summed E-state index contributed by atoms with van der Waals surface area (Å²) in [6.07, 6.45) is -2.45. The third-order valence-electron chi connectivity index (χ3n) is 3.82. The summed E-state index contributed by atoms with van der Waals surface area (Å²) in [7, 11) is 0. The van der Waals surface area contributed by atoms with Crippen molar-refractivity contribution in [2.45, 2.75) is 19.5 Å². The molecule has 1 saturated heterocycles. The summed E-state index contributed by atoms with van der Waals surface area (Å²) < 4.78 is 37.4. The molecular formula is C13H18F3N3. The quantitative estimate of drug-likeness (QED) is 0.900. The largest absolute Gasteiger partial charge is 0.417 e. The number of halogens is 3. The van der Waals surface area contributed by atoms with Gasteiger partial charge in [-0.05, 0) is 36.9 Å². The first kappa shape index (κ1) is 14.1. The molecule has 0 amide bonds. The molecule has 6 heteroatoms. The summed E-state index contributed by atoms with van der Waals surface area (Å²) in [6, 6.07) is 2.52. The number of rotatable bonds is 2. The Kier molecular flexibility index (Phi) is 3.99. The third-order valence-corrected chi connectivity index (χ3v) is 3.82. The highest BCUT2D eigenvalue weighted by Crippen LogP contribution is 2.30. The van der Waals surface area contributed by atoms with Gasteiger partial charge in [0.1, 0.15) is 5.82 Å². The number of nitrogens with two attached hydrogens (primary N) is 1. The van der Waals surface area contributed by atoms with Crippen LogP contribution in [0.2, 0.25) is 0 Å². The zero-order valence-electron chi connectivity index (χ0n) is 10.8. The van der Waals surface area contributed by atoms with Gasteiger partial charge in [0, 0.05) is 19.3 Å². The standard InChI is InChI=1S/C13H18F3N3/c1-9-4-5-19(8-10(9)6-17)12-3-2-11(7-18-12)13(14,15)16/h2-3,7,9-10H,4-6,8,17H2,1H3. The fraction of sp³-hybridized carbons (Fsp3) is 0.615. The fourth-order valence-electron chi connectivity index (χ4n) is 2.41. The molecule has 0 saturated carbocycles. The second-order valence-corrected chi connectivity index (χ2v) is 5.11. The lowest BCUT2D eigenvalue weighted by Gasteiger charge is -2.37. The molecule has 1 aliphatic rings. The van der Waals surface area contributed by atoms with Crippen LogP contribution in [0.4, 0.5) is 19.0 Å². The van der Waals surface area contributed by atoms with Crippen LogP contribution in [0.25, 0.3) is 0 Å². The molecule has 1 aromatic rings. The predicted molar refractivity (Wildman–Crippen MR) is 67.8 cm³/mol. The van der Waals surface area contributed by atoms with Gasteiger partial charge >= 0.3 is 6.18 Å². The summed E-state index contributed by atoms with van der Waals surface area (Å²) in [5, 5.41) is 0. The molecule has 2 N–H and O–H groups in total. The highest BCUT2D eigenvalue weighted by molar-refractivity contribution is 5.40. The van der Waals surface area contributed by atoms with E-state index in [-0.39, 0.29) is 0 Å². The molecule has 19 heavy (non-hydrogen) atoms. The number of hydrogen-bond donors (Lipinski definition) is 1. The first-order chi connectivity index (χ1) is 8.91. The first-order valence-electron chi connectivity index (χ1n) is 6.40. The number of pyridine rings is 1. The van der Waals surface area contributed by atoms with Gasteiger partial charge in [-0.3, -0.25) is 0 Å². The second kappa shape index (κ2) is 5.36. The molecule has 106 valence electrons. The molecule has 2 atom stereocenters. The van der Waals surface area contributed by atoms with Gasteiger partial charge in [0.25, 0.3) is 0 Å². The maximum Gasteiger partial charge on any atom is 0.417 e. The Balaban J connectivity index is 2.10. The van der Waals surface area contributed by atoms with Crippen LogP contribution >= 0.6 is 0 Å². The minimum atomic E-state index is -4.33. The van der Waals surface area contributed by atoms with Crippen LogP contribution in [0.15, 0.2) is 18.3 Å². The summed E-state index contributed by atoms with van der Waals surface area (Å²) >= 11 is 0. The molecule has 0 radical (unpaired) electrons. The number of nitrogens with zero attached hydrogens (tertiary/aromatic N) is 2. The van der Waals surface area contributed by atoms with Crippen LogP contribution in [0.3, 0.4) is 0 Å². The first-order valence-corrected chi connectivity index (χ1v) is 6.40. The number of anilines is 1. The van der Waals surface area contributed by atoms with Crippen molar-refractivity contribution >= 4 is 5.82 Å². The van der Waals surface area contributed by atoms with Crippen LogP contribution in [0, 0.1) is 11.8 Å². The fourth-order valence-corrected chi connectivity index (χ4v) is 2.41. The summed E-state index contributed by atoms with van der Waals surface area (Å²) in [4.78, 5) is 5.94. The van der Waals surface area contributed by atoms with Crippen LogP contribution in [0.5, 0.6) is 0 Å². The summed E-state index contributed by atoms with van der Waals surface area (Å²) in [5.41, 5.74) is 5.01. The Labute approximate surface area is 110 Å². The van der Waals surface area contributed by atoms with Crippen LogP contribution in [0.1, 0.15) is 18.9 Å². The number of piperidine rings is 1. The van der Waals surface area contributed by atoms with Gasteiger partial charge in [-0.2, -0.15) is 13.2 Å². The lowest BCUT2D eigenvalue weighted by Crippen LogP contribution is -2.43. The Morgan fingerprint density at radius 3 is 2.68 bits per heavy atom. The highest BCUT2D eigenvalue weighted by Gasteiger charge is 2.31. The van der Waals surface area contributed by atoms with Gasteiger partial charge in [-0.25, -0.2) is 4.98 Å². The Morgan fingerprint density at radius 1 is 1.42 bits per heavy atom. The summed E-state index contributed by atoms with van der Waals surface area (Å²) in [6.45, 7) is 4.33. The van der Waals surface area contributed by atoms with Crippen molar-refractivity contribution in [3.63, 3.8) is 0 Å². The highest BCUT2D eigenvalue weighted by atomic mass is 19.4. The molecule has 2 heterocycles. The van der Waals surface area contributed by atoms with Crippen LogP contribution in [-0.4, -0.2) is 24.6 Å². The predicted octanol–water partition coefficient (Wildman–Crippen LogP) is 2.52. The number of alkyl halides is 3. The van der Waals surface area contributed by atoms with Gasteiger partial charge in [0.15, 0.2) is 0 Å². The molecule has 0 aromatic carbocycles. The average molecular weight is 273 g/mol. The molecule has 2 unspecified atom stereocenters. The van der Waals surface area contributed by atoms with E-state index >= 15 is 0 Å². The van der Waals surface area contributed by atoms with Crippen molar-refractivity contribution in [1.82, 2.24) is 4.98 Å². The van der Waals surface area contributed by atoms with Crippen molar-refractivity contribution in [3.05, 3.63) is 23.9 Å². The molecule has 0 spiro atoms. The van der Waals surface area contributed by atoms with Crippen molar-refractivity contribution in [1.29, 1.82) is 0 Å². The van der Waals surface area contributed by atoms with Crippen LogP contribution in [-0.2, 0) is 6.18 Å². The van der Waals surface area contributed by atoms with E-state index in [2.05, 4.69) is 11.9 Å². The summed E-state index contributed by atoms with van der Waals surface area (Å²) in [5.74, 6) is 1.52. The van der Waals surface area contributed by atoms with Crippen LogP contribution < -0.4 is 10.6 Å². The van der Waals surface area contributed by atoms with E-state index < -0.39 is 11.7 Å². The molecule has 1 aromatic heterocycles. The van der Waals surface area contributed by atoms with E-state index in [1.54, 1.807) is 0 Å². The van der Waals surface area contributed by atoms with Crippen molar-refractivity contribution in [3.8, 4) is 0 Å². The minimum Gasteiger partial charge on any atom is -0.356 e. The van der Waals surface area contributed by atoms with E-state index in [1.807, 2.05) is 4.90 Å². The van der Waals surface area contributed by atoms with Crippen molar-refractivity contribution < 1.29 is 13.2 Å². The normalized spacial score (nSPS) is 24.6. The molecular weight excluding hydrogens is 255 g/mol. The smallest absolute Gasteiger partial charge is 0.356 e. The van der Waals surface area contributed by atoms with E-state index in [1.165, 1.54) is 6.07 Å². The topological polar surface area (TPSA) is 42.2 Å². The molecule has 3 nitrogen and oxygen atoms in total. The zero-order chi connectivity index (χ0) is 14.0.